The van der Waals surface area contributed by atoms with Crippen molar-refractivity contribution < 1.29 is 4.74 Å². The van der Waals surface area contributed by atoms with Crippen LogP contribution in [0.1, 0.15) is 25.1 Å². The molecule has 0 radical (unpaired) electrons. The number of likely N-dealkylation sites (tertiary alicyclic amines) is 1. The third-order valence-corrected chi connectivity index (χ3v) is 5.60. The zero-order valence-electron chi connectivity index (χ0n) is 11.2. The Kier molecular flexibility index (Phi) is 4.36. The molecule has 0 bridgehead atoms. The van der Waals surface area contributed by atoms with Crippen LogP contribution in [0.15, 0.2) is 10.5 Å². The zero-order chi connectivity index (χ0) is 13.3. The van der Waals surface area contributed by atoms with Gasteiger partial charge in [0.15, 0.2) is 5.06 Å². The molecule has 1 unspecified atom stereocenters. The van der Waals surface area contributed by atoms with Gasteiger partial charge in [0, 0.05) is 30.6 Å². The van der Waals surface area contributed by atoms with Crippen LogP contribution in [0.3, 0.4) is 0 Å². The summed E-state index contributed by atoms with van der Waals surface area (Å²) < 4.78 is 6.36. The molecular weight excluding hydrogens is 312 g/mol. The highest BCUT2D eigenvalue weighted by molar-refractivity contribution is 9.10. The molecule has 2 rings (SSSR count). The predicted octanol–water partition coefficient (Wildman–Crippen LogP) is 3.08. The second-order valence-corrected chi connectivity index (χ2v) is 7.60. The molecule has 3 nitrogen and oxygen atoms in total. The fourth-order valence-electron chi connectivity index (χ4n) is 2.45. The van der Waals surface area contributed by atoms with Crippen LogP contribution < -0.4 is 10.5 Å². The topological polar surface area (TPSA) is 38.5 Å². The van der Waals surface area contributed by atoms with Gasteiger partial charge < -0.3 is 10.5 Å². The Balaban J connectivity index is 2.01. The van der Waals surface area contributed by atoms with Gasteiger partial charge in [-0.3, -0.25) is 4.90 Å². The van der Waals surface area contributed by atoms with Gasteiger partial charge in [-0.15, -0.1) is 11.3 Å². The monoisotopic (exact) mass is 332 g/mol. The van der Waals surface area contributed by atoms with E-state index in [4.69, 9.17) is 10.5 Å². The number of methoxy groups -OCH3 is 1. The highest BCUT2D eigenvalue weighted by Gasteiger charge is 2.33. The van der Waals surface area contributed by atoms with Gasteiger partial charge in [-0.25, -0.2) is 0 Å². The van der Waals surface area contributed by atoms with E-state index in [9.17, 15) is 0 Å². The molecule has 1 fully saturated rings. The Morgan fingerprint density at radius 2 is 2.33 bits per heavy atom. The molecule has 1 aliphatic rings. The van der Waals surface area contributed by atoms with Crippen molar-refractivity contribution in [2.45, 2.75) is 32.9 Å². The van der Waals surface area contributed by atoms with Gasteiger partial charge in [0.05, 0.1) is 11.6 Å². The normalized spacial score (nSPS) is 24.2. The minimum Gasteiger partial charge on any atom is -0.486 e. The number of hydrogen-bond donors (Lipinski definition) is 1. The maximum Gasteiger partial charge on any atom is 0.188 e. The van der Waals surface area contributed by atoms with Crippen molar-refractivity contribution in [1.82, 2.24) is 4.90 Å². The van der Waals surface area contributed by atoms with Crippen molar-refractivity contribution in [3.63, 3.8) is 0 Å². The fraction of sp³-hybridized carbons (Fsp3) is 0.692. The van der Waals surface area contributed by atoms with Gasteiger partial charge in [-0.05, 0) is 33.8 Å². The lowest BCUT2D eigenvalue weighted by Crippen LogP contribution is -2.51. The third kappa shape index (κ3) is 3.07. The van der Waals surface area contributed by atoms with E-state index in [1.807, 2.05) is 0 Å². The Morgan fingerprint density at radius 3 is 2.89 bits per heavy atom. The van der Waals surface area contributed by atoms with E-state index in [2.05, 4.69) is 40.7 Å². The summed E-state index contributed by atoms with van der Waals surface area (Å²) in [5.74, 6) is 0. The molecule has 0 saturated carbocycles. The van der Waals surface area contributed by atoms with Crippen molar-refractivity contribution in [2.75, 3.05) is 20.2 Å². The number of nitrogens with zero attached hydrogens (tertiary/aromatic N) is 1. The van der Waals surface area contributed by atoms with Crippen LogP contribution in [-0.2, 0) is 6.54 Å². The van der Waals surface area contributed by atoms with Gasteiger partial charge in [-0.2, -0.15) is 0 Å². The first-order chi connectivity index (χ1) is 8.42. The van der Waals surface area contributed by atoms with Crippen LogP contribution in [0.4, 0.5) is 0 Å². The average molecular weight is 333 g/mol. The third-order valence-electron chi connectivity index (χ3n) is 3.66. The highest BCUT2D eigenvalue weighted by Crippen LogP contribution is 2.36. The first-order valence-electron chi connectivity index (χ1n) is 6.22. The Morgan fingerprint density at radius 1 is 1.61 bits per heavy atom. The lowest BCUT2D eigenvalue weighted by atomic mass is 9.80. The summed E-state index contributed by atoms with van der Waals surface area (Å²) in [5, 5.41) is 0.956. The second kappa shape index (κ2) is 5.49. The molecule has 1 aromatic heterocycles. The van der Waals surface area contributed by atoms with Crippen LogP contribution >= 0.6 is 27.3 Å². The van der Waals surface area contributed by atoms with E-state index in [0.29, 0.717) is 6.04 Å². The maximum absolute atomic E-state index is 6.17. The number of ether oxygens (including phenoxy) is 1. The number of nitrogens with two attached hydrogens (primary N) is 1. The first kappa shape index (κ1) is 14.3. The van der Waals surface area contributed by atoms with Crippen molar-refractivity contribution in [2.24, 2.45) is 11.1 Å². The van der Waals surface area contributed by atoms with E-state index < -0.39 is 0 Å². The summed E-state index contributed by atoms with van der Waals surface area (Å²) in [4.78, 5) is 3.83. The minimum absolute atomic E-state index is 0.205. The molecule has 5 heteroatoms. The average Bonchev–Trinajstić information content (AvgIpc) is 2.64. The number of thiophene rings is 1. The molecule has 0 aliphatic carbocycles. The van der Waals surface area contributed by atoms with Crippen LogP contribution in [0, 0.1) is 5.41 Å². The fourth-order valence-corrected chi connectivity index (χ4v) is 4.19. The molecule has 102 valence electrons. The number of rotatable bonds is 3. The molecule has 1 aliphatic heterocycles. The summed E-state index contributed by atoms with van der Waals surface area (Å²) in [5.41, 5.74) is 6.37. The molecular formula is C13H21BrN2OS. The van der Waals surface area contributed by atoms with E-state index in [0.717, 1.165) is 35.6 Å². The summed E-state index contributed by atoms with van der Waals surface area (Å²) >= 11 is 5.23. The summed E-state index contributed by atoms with van der Waals surface area (Å²) in [7, 11) is 1.71. The lowest BCUT2D eigenvalue weighted by Gasteiger charge is -2.42. The maximum atomic E-state index is 6.17. The van der Waals surface area contributed by atoms with Gasteiger partial charge in [-0.1, -0.05) is 13.8 Å². The molecule has 2 heterocycles. The Labute approximate surface area is 121 Å². The number of halogens is 1. The molecule has 0 aromatic carbocycles. The van der Waals surface area contributed by atoms with Crippen molar-refractivity contribution in [1.29, 1.82) is 0 Å². The van der Waals surface area contributed by atoms with E-state index in [1.54, 1.807) is 18.4 Å². The van der Waals surface area contributed by atoms with Gasteiger partial charge >= 0.3 is 0 Å². The van der Waals surface area contributed by atoms with Crippen LogP contribution in [0.2, 0.25) is 0 Å². The smallest absolute Gasteiger partial charge is 0.188 e. The SMILES string of the molecule is COc1sc(CN2CCC(N)C(C)(C)C2)cc1Br. The van der Waals surface area contributed by atoms with Crippen molar-refractivity contribution >= 4 is 27.3 Å². The Hall–Kier alpha value is -0.100. The summed E-state index contributed by atoms with van der Waals surface area (Å²) in [6.07, 6.45) is 1.08. The quantitative estimate of drug-likeness (QED) is 0.924. The molecule has 0 spiro atoms. The van der Waals surface area contributed by atoms with E-state index in [-0.39, 0.29) is 5.41 Å². The van der Waals surface area contributed by atoms with Crippen molar-refractivity contribution in [3.05, 3.63) is 15.4 Å². The predicted molar refractivity (Wildman–Crippen MR) is 80.2 cm³/mol. The molecule has 0 amide bonds. The van der Waals surface area contributed by atoms with Gasteiger partial charge in [0.25, 0.3) is 0 Å². The molecule has 1 aromatic rings. The van der Waals surface area contributed by atoms with Crippen LogP contribution in [-0.4, -0.2) is 31.1 Å². The van der Waals surface area contributed by atoms with E-state index >= 15 is 0 Å². The van der Waals surface area contributed by atoms with Crippen LogP contribution in [0.5, 0.6) is 5.06 Å². The first-order valence-corrected chi connectivity index (χ1v) is 7.83. The highest BCUT2D eigenvalue weighted by atomic mass is 79.9. The Bertz CT molecular complexity index is 419. The van der Waals surface area contributed by atoms with E-state index in [1.165, 1.54) is 4.88 Å². The number of piperidine rings is 1. The summed E-state index contributed by atoms with van der Waals surface area (Å²) in [6, 6.07) is 2.48. The number of hydrogen-bond acceptors (Lipinski definition) is 4. The summed E-state index contributed by atoms with van der Waals surface area (Å²) in [6.45, 7) is 7.65. The lowest BCUT2D eigenvalue weighted by molar-refractivity contribution is 0.0907. The molecule has 1 atom stereocenters. The van der Waals surface area contributed by atoms with Gasteiger partial charge in [0.1, 0.15) is 0 Å². The minimum atomic E-state index is 0.205. The van der Waals surface area contributed by atoms with Crippen LogP contribution in [0.25, 0.3) is 0 Å². The molecule has 2 N–H and O–H groups in total. The van der Waals surface area contributed by atoms with Crippen molar-refractivity contribution in [3.8, 4) is 5.06 Å². The zero-order valence-corrected chi connectivity index (χ0v) is 13.6. The second-order valence-electron chi connectivity index (χ2n) is 5.65. The largest absolute Gasteiger partial charge is 0.486 e. The van der Waals surface area contributed by atoms with Gasteiger partial charge in [0.2, 0.25) is 0 Å². The molecule has 1 saturated heterocycles. The molecule has 18 heavy (non-hydrogen) atoms. The standard InChI is InChI=1S/C13H21BrN2OS/c1-13(2)8-16(5-4-11(13)15)7-9-6-10(14)12(17-3)18-9/h6,11H,4-5,7-8,15H2,1-3H3.